The van der Waals surface area contributed by atoms with Crippen molar-refractivity contribution in [2.75, 3.05) is 13.7 Å². The molecule has 4 saturated carbocycles. The average molecular weight is 593 g/mol. The first-order chi connectivity index (χ1) is 19.8. The summed E-state index contributed by atoms with van der Waals surface area (Å²) < 4.78 is 28.7. The fraction of sp³-hybridized carbons (Fsp3) is 0.875. The first-order valence-corrected chi connectivity index (χ1v) is 15.8. The van der Waals surface area contributed by atoms with Gasteiger partial charge in [-0.3, -0.25) is 4.79 Å². The Morgan fingerprint density at radius 2 is 1.83 bits per heavy atom. The van der Waals surface area contributed by atoms with E-state index in [0.717, 1.165) is 50.5 Å². The van der Waals surface area contributed by atoms with Crippen LogP contribution >= 0.6 is 0 Å². The van der Waals surface area contributed by atoms with E-state index >= 15 is 0 Å². The number of esters is 2. The number of cyclic esters (lactones) is 1. The highest BCUT2D eigenvalue weighted by Gasteiger charge is 2.71. The van der Waals surface area contributed by atoms with Gasteiger partial charge in [0.05, 0.1) is 17.8 Å². The molecular weight excluding hydrogens is 544 g/mol. The number of rotatable bonds is 5. The van der Waals surface area contributed by atoms with Crippen LogP contribution in [0.1, 0.15) is 79.1 Å². The summed E-state index contributed by atoms with van der Waals surface area (Å²) in [6, 6.07) is 0. The molecule has 0 amide bonds. The maximum Gasteiger partial charge on any atom is 0.331 e. The maximum absolute atomic E-state index is 12.7. The zero-order valence-corrected chi connectivity index (χ0v) is 25.5. The van der Waals surface area contributed by atoms with E-state index in [1.807, 2.05) is 0 Å². The van der Waals surface area contributed by atoms with Crippen molar-refractivity contribution in [2.45, 2.75) is 128 Å². The molecule has 0 radical (unpaired) electrons. The van der Waals surface area contributed by atoms with Crippen molar-refractivity contribution in [1.29, 1.82) is 0 Å². The molecule has 0 bridgehead atoms. The molecule has 0 aromatic rings. The Kier molecular flexibility index (Phi) is 7.84. The molecule has 6 rings (SSSR count). The SMILES string of the molecule is CO[C@H]1[C@@H](O)[C@@H](C)O[C@@H](OC2CC[C@@]3(C)C(CC[C@@H]4[C@@H]3CC[C@]3(C)[C@@H](C5=CC(=O)OC5)C(OC(C)=O)C[C@]43O)C2)[C@@H]1O. The van der Waals surface area contributed by atoms with Gasteiger partial charge in [-0.1, -0.05) is 13.8 Å². The summed E-state index contributed by atoms with van der Waals surface area (Å²) >= 11 is 0. The lowest BCUT2D eigenvalue weighted by atomic mass is 9.43. The Hall–Kier alpha value is -1.56. The average Bonchev–Trinajstić information content (AvgIpc) is 3.44. The maximum atomic E-state index is 12.7. The van der Waals surface area contributed by atoms with Gasteiger partial charge in [-0.05, 0) is 80.6 Å². The van der Waals surface area contributed by atoms with Crippen LogP contribution in [0.3, 0.4) is 0 Å². The van der Waals surface area contributed by atoms with Gasteiger partial charge in [0.15, 0.2) is 6.29 Å². The van der Waals surface area contributed by atoms with Crippen LogP contribution in [0.15, 0.2) is 11.6 Å². The fourth-order valence-electron chi connectivity index (χ4n) is 10.4. The van der Waals surface area contributed by atoms with Gasteiger partial charge in [-0.15, -0.1) is 0 Å². The monoisotopic (exact) mass is 592 g/mol. The smallest absolute Gasteiger partial charge is 0.331 e. The second-order valence-corrected chi connectivity index (χ2v) is 14.5. The highest BCUT2D eigenvalue weighted by molar-refractivity contribution is 5.85. The summed E-state index contributed by atoms with van der Waals surface area (Å²) in [6.45, 7) is 7.85. The summed E-state index contributed by atoms with van der Waals surface area (Å²) in [5.74, 6) is -0.234. The van der Waals surface area contributed by atoms with Gasteiger partial charge in [0, 0.05) is 37.9 Å². The predicted octanol–water partition coefficient (Wildman–Crippen LogP) is 2.65. The number of fused-ring (bicyclic) bond motifs is 5. The van der Waals surface area contributed by atoms with Crippen LogP contribution in [0.2, 0.25) is 0 Å². The molecule has 5 fully saturated rings. The Labute approximate surface area is 248 Å². The lowest BCUT2D eigenvalue weighted by molar-refractivity contribution is -0.313. The van der Waals surface area contributed by atoms with Crippen LogP contribution in [0.25, 0.3) is 0 Å². The molecule has 1 saturated heterocycles. The second-order valence-electron chi connectivity index (χ2n) is 14.5. The Bertz CT molecular complexity index is 1110. The molecule has 0 spiro atoms. The van der Waals surface area contributed by atoms with E-state index in [1.165, 1.54) is 20.1 Å². The van der Waals surface area contributed by atoms with Crippen molar-refractivity contribution in [3.8, 4) is 0 Å². The van der Waals surface area contributed by atoms with Crippen LogP contribution in [0, 0.1) is 34.5 Å². The number of aliphatic hydroxyl groups excluding tert-OH is 2. The van der Waals surface area contributed by atoms with Gasteiger partial charge in [0.2, 0.25) is 0 Å². The minimum atomic E-state index is -1.08. The number of methoxy groups -OCH3 is 1. The molecule has 0 aromatic carbocycles. The zero-order valence-electron chi connectivity index (χ0n) is 25.5. The van der Waals surface area contributed by atoms with Crippen LogP contribution in [0.4, 0.5) is 0 Å². The standard InChI is InChI=1S/C32H48O10/c1-16-26(35)28(38-5)27(36)29(40-16)42-20-8-10-30(3)19(13-20)6-7-22-21(30)9-11-31(4)25(18-12-24(34)39-15-18)23(41-17(2)33)14-32(22,31)37/h12,16,19-23,25-29,35-37H,6-11,13-15H2,1-5H3/t16-,19?,20?,21+,22-,23?,25+,26+,27-,28+,29+,30+,31-,32+/m1/s1. The van der Waals surface area contributed by atoms with Crippen molar-refractivity contribution in [1.82, 2.24) is 0 Å². The summed E-state index contributed by atoms with van der Waals surface area (Å²) in [4.78, 5) is 24.2. The van der Waals surface area contributed by atoms with E-state index < -0.39 is 47.8 Å². The van der Waals surface area contributed by atoms with Gasteiger partial charge < -0.3 is 39.0 Å². The largest absolute Gasteiger partial charge is 0.462 e. The Morgan fingerprint density at radius 3 is 2.50 bits per heavy atom. The van der Waals surface area contributed by atoms with E-state index in [1.54, 1.807) is 6.92 Å². The van der Waals surface area contributed by atoms with E-state index in [4.69, 9.17) is 23.7 Å². The van der Waals surface area contributed by atoms with Crippen molar-refractivity contribution in [2.24, 2.45) is 34.5 Å². The Balaban J connectivity index is 1.20. The molecule has 3 unspecified atom stereocenters. The fourth-order valence-corrected chi connectivity index (χ4v) is 10.4. The molecule has 236 valence electrons. The van der Waals surface area contributed by atoms with Crippen LogP contribution in [0.5, 0.6) is 0 Å². The van der Waals surface area contributed by atoms with E-state index in [2.05, 4.69) is 13.8 Å². The quantitative estimate of drug-likeness (QED) is 0.322. The van der Waals surface area contributed by atoms with E-state index in [-0.39, 0.29) is 41.9 Å². The topological polar surface area (TPSA) is 141 Å². The van der Waals surface area contributed by atoms with Crippen LogP contribution in [-0.2, 0) is 33.3 Å². The van der Waals surface area contributed by atoms with Gasteiger partial charge in [0.1, 0.15) is 31.0 Å². The molecule has 6 aliphatic rings. The predicted molar refractivity (Wildman–Crippen MR) is 149 cm³/mol. The molecule has 4 aliphatic carbocycles. The third-order valence-corrected chi connectivity index (χ3v) is 12.6. The second kappa shape index (κ2) is 10.8. The third-order valence-electron chi connectivity index (χ3n) is 12.6. The molecule has 42 heavy (non-hydrogen) atoms. The third kappa shape index (κ3) is 4.58. The number of hydrogen-bond acceptors (Lipinski definition) is 10. The molecule has 10 heteroatoms. The zero-order chi connectivity index (χ0) is 30.2. The molecule has 0 aromatic heterocycles. The van der Waals surface area contributed by atoms with Crippen molar-refractivity contribution in [3.63, 3.8) is 0 Å². The lowest BCUT2D eigenvalue weighted by Crippen LogP contribution is -2.62. The van der Waals surface area contributed by atoms with Gasteiger partial charge in [-0.25, -0.2) is 4.79 Å². The van der Waals surface area contributed by atoms with Gasteiger partial charge in [-0.2, -0.15) is 0 Å². The Morgan fingerprint density at radius 1 is 1.07 bits per heavy atom. The van der Waals surface area contributed by atoms with Crippen LogP contribution < -0.4 is 0 Å². The minimum absolute atomic E-state index is 0.0190. The normalized spacial score (nSPS) is 52.0. The summed E-state index contributed by atoms with van der Waals surface area (Å²) in [6.07, 6.45) is 3.36. The van der Waals surface area contributed by atoms with Crippen LogP contribution in [-0.4, -0.2) is 89.5 Å². The molecule has 10 nitrogen and oxygen atoms in total. The highest BCUT2D eigenvalue weighted by Crippen LogP contribution is 2.70. The van der Waals surface area contributed by atoms with Gasteiger partial charge >= 0.3 is 11.9 Å². The summed E-state index contributed by atoms with van der Waals surface area (Å²) in [7, 11) is 1.47. The number of carbonyl (C=O) groups is 2. The molecule has 14 atom stereocenters. The summed E-state index contributed by atoms with van der Waals surface area (Å²) in [5.41, 5.74) is -0.720. The van der Waals surface area contributed by atoms with E-state index in [0.29, 0.717) is 18.3 Å². The van der Waals surface area contributed by atoms with Crippen molar-refractivity contribution >= 4 is 11.9 Å². The molecule has 3 N–H and O–H groups in total. The first kappa shape index (κ1) is 30.5. The number of ether oxygens (including phenoxy) is 5. The van der Waals surface area contributed by atoms with Crippen molar-refractivity contribution in [3.05, 3.63) is 11.6 Å². The van der Waals surface area contributed by atoms with Crippen molar-refractivity contribution < 1.29 is 48.6 Å². The molecule has 2 heterocycles. The number of aliphatic hydroxyl groups is 3. The lowest BCUT2D eigenvalue weighted by Gasteiger charge is -2.63. The number of hydrogen-bond donors (Lipinski definition) is 3. The first-order valence-electron chi connectivity index (χ1n) is 15.8. The summed E-state index contributed by atoms with van der Waals surface area (Å²) in [5, 5.41) is 33.8. The van der Waals surface area contributed by atoms with Gasteiger partial charge in [0.25, 0.3) is 0 Å². The molecule has 2 aliphatic heterocycles. The number of carbonyl (C=O) groups excluding carboxylic acids is 2. The van der Waals surface area contributed by atoms with E-state index in [9.17, 15) is 24.9 Å². The highest BCUT2D eigenvalue weighted by atomic mass is 16.7. The molecular formula is C32H48O10. The minimum Gasteiger partial charge on any atom is -0.462 e.